The van der Waals surface area contributed by atoms with Crippen molar-refractivity contribution in [3.05, 3.63) is 17.7 Å². The number of aryl methyl sites for hydroxylation is 1. The lowest BCUT2D eigenvalue weighted by Gasteiger charge is -1.97. The van der Waals surface area contributed by atoms with E-state index in [1.165, 1.54) is 0 Å². The van der Waals surface area contributed by atoms with Crippen LogP contribution in [0.5, 0.6) is 0 Å². The smallest absolute Gasteiger partial charge is 0.0977 e. The first-order chi connectivity index (χ1) is 5.25. The highest BCUT2D eigenvalue weighted by Crippen LogP contribution is 2.04. The van der Waals surface area contributed by atoms with Crippen molar-refractivity contribution >= 4 is 51.0 Å². The van der Waals surface area contributed by atoms with Crippen LogP contribution in [-0.4, -0.2) is 21.4 Å². The second-order valence-corrected chi connectivity index (χ2v) is 2.83. The maximum absolute atomic E-state index is 5.36. The first kappa shape index (κ1) is 15.7. The highest BCUT2D eigenvalue weighted by molar-refractivity contribution is 8.93. The molecule has 76 valence electrons. The van der Waals surface area contributed by atoms with Crippen LogP contribution in [0.2, 0.25) is 0 Å². The lowest BCUT2D eigenvalue weighted by Crippen LogP contribution is -2.08. The van der Waals surface area contributed by atoms with Crippen molar-refractivity contribution in [1.82, 2.24) is 9.97 Å². The molecule has 3 N–H and O–H groups in total. The van der Waals surface area contributed by atoms with Gasteiger partial charge in [-0.05, 0) is 19.9 Å². The fraction of sp³-hybridized carbons (Fsp3) is 0.429. The number of imidazole rings is 1. The molecule has 0 atom stereocenters. The normalized spacial score (nSPS) is 8.46. The van der Waals surface area contributed by atoms with Crippen LogP contribution in [0.4, 0.5) is 0 Å². The lowest BCUT2D eigenvalue weighted by molar-refractivity contribution is 1.05. The number of H-pyrrole nitrogens is 1. The van der Waals surface area contributed by atoms with Gasteiger partial charge >= 0.3 is 0 Å². The van der Waals surface area contributed by atoms with Crippen molar-refractivity contribution in [2.24, 2.45) is 5.73 Å². The fourth-order valence-electron chi connectivity index (χ4n) is 0.889. The number of aromatic amines is 1. The van der Waals surface area contributed by atoms with Crippen LogP contribution in [0, 0.1) is 6.92 Å². The molecule has 0 spiro atoms. The summed E-state index contributed by atoms with van der Waals surface area (Å²) in [6.45, 7) is 2.54. The van der Waals surface area contributed by atoms with E-state index in [2.05, 4.69) is 9.97 Å². The van der Waals surface area contributed by atoms with E-state index in [-0.39, 0.29) is 34.0 Å². The van der Waals surface area contributed by atoms with Gasteiger partial charge in [0.15, 0.2) is 0 Å². The number of rotatable bonds is 3. The Morgan fingerprint density at radius 2 is 2.23 bits per heavy atom. The average Bonchev–Trinajstić information content (AvgIpc) is 2.36. The number of hydrogen-bond donors (Lipinski definition) is 2. The van der Waals surface area contributed by atoms with E-state index in [1.54, 1.807) is 6.33 Å². The topological polar surface area (TPSA) is 54.7 Å². The monoisotopic (exact) mass is 329 g/mol. The van der Waals surface area contributed by atoms with Gasteiger partial charge in [0.1, 0.15) is 0 Å². The molecular formula is C7H13Br2N3S. The minimum Gasteiger partial charge on any atom is -0.348 e. The van der Waals surface area contributed by atoms with Gasteiger partial charge in [-0.3, -0.25) is 0 Å². The summed E-state index contributed by atoms with van der Waals surface area (Å²) in [6.07, 6.45) is 2.38. The van der Waals surface area contributed by atoms with E-state index in [0.717, 1.165) is 22.7 Å². The molecule has 0 aliphatic heterocycles. The molecule has 0 bridgehead atoms. The van der Waals surface area contributed by atoms with Gasteiger partial charge in [-0.2, -0.15) is 0 Å². The van der Waals surface area contributed by atoms with Crippen LogP contribution in [0.3, 0.4) is 0 Å². The Kier molecular flexibility index (Phi) is 9.18. The number of thiocarbonyl (C=S) groups is 1. The molecule has 1 heterocycles. The minimum atomic E-state index is 0. The Morgan fingerprint density at radius 3 is 2.62 bits per heavy atom. The molecule has 6 heteroatoms. The maximum atomic E-state index is 5.36. The van der Waals surface area contributed by atoms with Crippen molar-refractivity contribution in [2.45, 2.75) is 13.3 Å². The SMILES string of the molecule is Br.Br.Cc1[nH]cnc1C(=S)CCN. The van der Waals surface area contributed by atoms with E-state index in [1.807, 2.05) is 6.92 Å². The second-order valence-electron chi connectivity index (χ2n) is 2.34. The summed E-state index contributed by atoms with van der Waals surface area (Å²) in [5, 5.41) is 0. The zero-order valence-electron chi connectivity index (χ0n) is 7.24. The van der Waals surface area contributed by atoms with Crippen LogP contribution < -0.4 is 5.73 Å². The van der Waals surface area contributed by atoms with Crippen LogP contribution in [0.25, 0.3) is 0 Å². The fourth-order valence-corrected chi connectivity index (χ4v) is 1.21. The molecule has 1 rings (SSSR count). The second kappa shape index (κ2) is 7.61. The van der Waals surface area contributed by atoms with E-state index < -0.39 is 0 Å². The predicted octanol–water partition coefficient (Wildman–Crippen LogP) is 1.94. The third kappa shape index (κ3) is 4.30. The summed E-state index contributed by atoms with van der Waals surface area (Å²) >= 11 is 5.10. The molecule has 1 aromatic heterocycles. The van der Waals surface area contributed by atoms with Gasteiger partial charge in [-0.15, -0.1) is 34.0 Å². The first-order valence-electron chi connectivity index (χ1n) is 3.49. The number of aromatic nitrogens is 2. The molecule has 0 saturated heterocycles. The Bertz CT molecular complexity index is 262. The zero-order valence-corrected chi connectivity index (χ0v) is 11.5. The Labute approximate surface area is 104 Å². The summed E-state index contributed by atoms with van der Waals surface area (Å²) in [7, 11) is 0. The van der Waals surface area contributed by atoms with Crippen molar-refractivity contribution in [2.75, 3.05) is 6.54 Å². The van der Waals surface area contributed by atoms with Gasteiger partial charge in [-0.25, -0.2) is 4.98 Å². The molecule has 0 saturated carbocycles. The largest absolute Gasteiger partial charge is 0.348 e. The molecule has 1 aromatic rings. The molecule has 0 fully saturated rings. The van der Waals surface area contributed by atoms with Gasteiger partial charge in [0.25, 0.3) is 0 Å². The van der Waals surface area contributed by atoms with Crippen LogP contribution in [-0.2, 0) is 0 Å². The molecular weight excluding hydrogens is 318 g/mol. The summed E-state index contributed by atoms with van der Waals surface area (Å²) < 4.78 is 0. The highest BCUT2D eigenvalue weighted by Gasteiger charge is 2.05. The summed E-state index contributed by atoms with van der Waals surface area (Å²) in [6, 6.07) is 0. The maximum Gasteiger partial charge on any atom is 0.0977 e. The number of nitrogens with one attached hydrogen (secondary N) is 1. The zero-order chi connectivity index (χ0) is 8.27. The number of nitrogens with two attached hydrogens (primary N) is 1. The van der Waals surface area contributed by atoms with Crippen LogP contribution in [0.1, 0.15) is 17.8 Å². The van der Waals surface area contributed by atoms with Gasteiger partial charge in [0.05, 0.1) is 12.0 Å². The summed E-state index contributed by atoms with van der Waals surface area (Å²) in [4.78, 5) is 7.89. The van der Waals surface area contributed by atoms with E-state index in [9.17, 15) is 0 Å². The molecule has 0 unspecified atom stereocenters. The molecule has 0 amide bonds. The van der Waals surface area contributed by atoms with Crippen molar-refractivity contribution in [3.8, 4) is 0 Å². The van der Waals surface area contributed by atoms with Crippen LogP contribution >= 0.6 is 46.2 Å². The lowest BCUT2D eigenvalue weighted by atomic mass is 10.2. The summed E-state index contributed by atoms with van der Waals surface area (Å²) in [5.74, 6) is 0. The number of halogens is 2. The standard InChI is InChI=1S/C7H11N3S.2BrH/c1-5-7(10-4-9-5)6(11)2-3-8;;/h4H,2-3,8H2,1H3,(H,9,10);2*1H. The third-order valence-electron chi connectivity index (χ3n) is 1.47. The Morgan fingerprint density at radius 1 is 1.62 bits per heavy atom. The predicted molar refractivity (Wildman–Crippen MR) is 69.3 cm³/mol. The van der Waals surface area contributed by atoms with Gasteiger partial charge < -0.3 is 10.7 Å². The average molecular weight is 331 g/mol. The van der Waals surface area contributed by atoms with Gasteiger partial charge in [0.2, 0.25) is 0 Å². The Balaban J connectivity index is 0. The Hall–Kier alpha value is 0.220. The van der Waals surface area contributed by atoms with Crippen LogP contribution in [0.15, 0.2) is 6.33 Å². The summed E-state index contributed by atoms with van der Waals surface area (Å²) in [5.41, 5.74) is 7.26. The van der Waals surface area contributed by atoms with Crippen molar-refractivity contribution in [3.63, 3.8) is 0 Å². The molecule has 0 aliphatic carbocycles. The molecule has 13 heavy (non-hydrogen) atoms. The molecule has 0 radical (unpaired) electrons. The highest BCUT2D eigenvalue weighted by atomic mass is 79.9. The third-order valence-corrected chi connectivity index (χ3v) is 1.86. The van der Waals surface area contributed by atoms with E-state index >= 15 is 0 Å². The number of nitrogens with zero attached hydrogens (tertiary/aromatic N) is 1. The quantitative estimate of drug-likeness (QED) is 0.658. The van der Waals surface area contributed by atoms with E-state index in [0.29, 0.717) is 6.54 Å². The van der Waals surface area contributed by atoms with Gasteiger partial charge in [0, 0.05) is 10.6 Å². The van der Waals surface area contributed by atoms with E-state index in [4.69, 9.17) is 18.0 Å². The minimum absolute atomic E-state index is 0. The molecule has 0 aromatic carbocycles. The van der Waals surface area contributed by atoms with Crippen molar-refractivity contribution in [1.29, 1.82) is 0 Å². The van der Waals surface area contributed by atoms with Crippen molar-refractivity contribution < 1.29 is 0 Å². The van der Waals surface area contributed by atoms with Gasteiger partial charge in [-0.1, -0.05) is 12.2 Å². The molecule has 0 aliphatic rings. The number of hydrogen-bond acceptors (Lipinski definition) is 3. The first-order valence-corrected chi connectivity index (χ1v) is 3.89. The molecule has 3 nitrogen and oxygen atoms in total.